The number of nitrogens with one attached hydrogen (secondary N) is 1. The van der Waals surface area contributed by atoms with Crippen LogP contribution in [0, 0.1) is 0 Å². The van der Waals surface area contributed by atoms with Crippen molar-refractivity contribution >= 4 is 17.8 Å². The average molecular weight is 686 g/mol. The van der Waals surface area contributed by atoms with Crippen LogP contribution in [0.3, 0.4) is 0 Å². The van der Waals surface area contributed by atoms with Crippen molar-refractivity contribution in [3.8, 4) is 0 Å². The summed E-state index contributed by atoms with van der Waals surface area (Å²) in [6.07, 6.45) is -4.66. The number of amides is 1. The molecule has 1 heterocycles. The summed E-state index contributed by atoms with van der Waals surface area (Å²) in [5, 5.41) is 2.80. The van der Waals surface area contributed by atoms with E-state index in [2.05, 4.69) is 5.32 Å². The maximum Gasteiger partial charge on any atom is 0.338 e. The minimum Gasteiger partial charge on any atom is -0.452 e. The average Bonchev–Trinajstić information content (AvgIpc) is 3.18. The molecule has 6 rings (SSSR count). The predicted molar refractivity (Wildman–Crippen MR) is 190 cm³/mol. The molecule has 1 aliphatic heterocycles. The number of hydrogen-bond donors (Lipinski definition) is 1. The lowest BCUT2D eigenvalue weighted by molar-refractivity contribution is -0.268. The molecule has 5 aromatic carbocycles. The maximum atomic E-state index is 13.7. The van der Waals surface area contributed by atoms with Gasteiger partial charge in [0.05, 0.1) is 17.7 Å². The van der Waals surface area contributed by atoms with Crippen LogP contribution in [0.2, 0.25) is 0 Å². The predicted octanol–water partition coefficient (Wildman–Crippen LogP) is 6.32. The number of esters is 2. The fraction of sp³-hybridized carbons (Fsp3) is 0.214. The first-order valence-corrected chi connectivity index (χ1v) is 16.7. The fourth-order valence-electron chi connectivity index (χ4n) is 6.42. The third-order valence-electron chi connectivity index (χ3n) is 8.76. The molecule has 9 heteroatoms. The number of benzene rings is 5. The molecule has 0 unspecified atom stereocenters. The lowest BCUT2D eigenvalue weighted by Crippen LogP contribution is -2.66. The van der Waals surface area contributed by atoms with Gasteiger partial charge in [-0.05, 0) is 41.0 Å². The molecule has 0 radical (unpaired) electrons. The molecule has 0 saturated carbocycles. The number of carbonyl (C=O) groups excluding carboxylic acids is 3. The Bertz CT molecular complexity index is 1780. The molecule has 1 fully saturated rings. The minimum absolute atomic E-state index is 0.155. The lowest BCUT2D eigenvalue weighted by Gasteiger charge is -2.46. The highest BCUT2D eigenvalue weighted by Gasteiger charge is 2.52. The largest absolute Gasteiger partial charge is 0.452 e. The first kappa shape index (κ1) is 35.2. The Kier molecular flexibility index (Phi) is 11.3. The summed E-state index contributed by atoms with van der Waals surface area (Å²) < 4.78 is 31.7. The summed E-state index contributed by atoms with van der Waals surface area (Å²) in [4.78, 5) is 39.9. The van der Waals surface area contributed by atoms with Gasteiger partial charge in [-0.25, -0.2) is 9.59 Å². The van der Waals surface area contributed by atoms with Gasteiger partial charge in [-0.1, -0.05) is 127 Å². The van der Waals surface area contributed by atoms with Crippen molar-refractivity contribution in [1.82, 2.24) is 5.32 Å². The SMILES string of the molecule is CO[C@H]1O[C@H](COC(c2ccccc2)(c2ccccc2)c2ccccc2)[C@@H](OC(=O)c2ccccc2)[C@H](OC(=O)c2ccccc2)[C@H]1NC(C)=O. The normalized spacial score (nSPS) is 20.2. The summed E-state index contributed by atoms with van der Waals surface area (Å²) in [5.74, 6) is -1.78. The van der Waals surface area contributed by atoms with Gasteiger partial charge in [0, 0.05) is 14.0 Å². The van der Waals surface area contributed by atoms with Gasteiger partial charge in [0.2, 0.25) is 5.91 Å². The zero-order valence-corrected chi connectivity index (χ0v) is 28.3. The number of methoxy groups -OCH3 is 1. The molecule has 0 aliphatic carbocycles. The van der Waals surface area contributed by atoms with Crippen molar-refractivity contribution in [3.05, 3.63) is 179 Å². The molecule has 1 saturated heterocycles. The zero-order valence-electron chi connectivity index (χ0n) is 28.3. The topological polar surface area (TPSA) is 109 Å². The summed E-state index contributed by atoms with van der Waals surface area (Å²) in [6, 6.07) is 45.3. The van der Waals surface area contributed by atoms with Gasteiger partial charge in [0.25, 0.3) is 0 Å². The van der Waals surface area contributed by atoms with Crippen LogP contribution in [-0.2, 0) is 34.1 Å². The highest BCUT2D eigenvalue weighted by molar-refractivity contribution is 5.90. The summed E-state index contributed by atoms with van der Waals surface area (Å²) in [7, 11) is 1.42. The Balaban J connectivity index is 1.45. The van der Waals surface area contributed by atoms with Crippen LogP contribution in [0.1, 0.15) is 44.3 Å². The van der Waals surface area contributed by atoms with E-state index in [1.807, 2.05) is 91.0 Å². The van der Waals surface area contributed by atoms with Gasteiger partial charge in [0.15, 0.2) is 18.5 Å². The van der Waals surface area contributed by atoms with Crippen LogP contribution in [0.4, 0.5) is 0 Å². The van der Waals surface area contributed by atoms with E-state index in [0.717, 1.165) is 16.7 Å². The Hall–Kier alpha value is -5.61. The molecular weight excluding hydrogens is 646 g/mol. The highest BCUT2D eigenvalue weighted by atomic mass is 16.7. The minimum atomic E-state index is -1.26. The van der Waals surface area contributed by atoms with E-state index >= 15 is 0 Å². The highest BCUT2D eigenvalue weighted by Crippen LogP contribution is 2.41. The van der Waals surface area contributed by atoms with Crippen LogP contribution in [0.5, 0.6) is 0 Å². The third-order valence-corrected chi connectivity index (χ3v) is 8.76. The Morgan fingerprint density at radius 2 is 1.00 bits per heavy atom. The second-order valence-corrected chi connectivity index (χ2v) is 12.1. The van der Waals surface area contributed by atoms with E-state index in [4.69, 9.17) is 23.7 Å². The molecule has 0 bridgehead atoms. The van der Waals surface area contributed by atoms with Crippen molar-refractivity contribution in [1.29, 1.82) is 0 Å². The van der Waals surface area contributed by atoms with E-state index in [1.165, 1.54) is 14.0 Å². The van der Waals surface area contributed by atoms with Gasteiger partial charge in [-0.3, -0.25) is 4.79 Å². The molecule has 1 aliphatic rings. The van der Waals surface area contributed by atoms with Crippen LogP contribution < -0.4 is 5.32 Å². The monoisotopic (exact) mass is 685 g/mol. The van der Waals surface area contributed by atoms with E-state index in [1.54, 1.807) is 60.7 Å². The molecule has 9 nitrogen and oxygen atoms in total. The number of rotatable bonds is 12. The zero-order chi connectivity index (χ0) is 35.6. The second kappa shape index (κ2) is 16.4. The first-order chi connectivity index (χ1) is 24.9. The smallest absolute Gasteiger partial charge is 0.338 e. The third kappa shape index (κ3) is 7.91. The molecule has 5 atom stereocenters. The Morgan fingerprint density at radius 3 is 1.39 bits per heavy atom. The van der Waals surface area contributed by atoms with Crippen LogP contribution in [0.25, 0.3) is 0 Å². The molecule has 0 spiro atoms. The summed E-state index contributed by atoms with van der Waals surface area (Å²) >= 11 is 0. The van der Waals surface area contributed by atoms with Crippen LogP contribution in [0.15, 0.2) is 152 Å². The summed E-state index contributed by atoms with van der Waals surface area (Å²) in [6.45, 7) is 1.17. The van der Waals surface area contributed by atoms with Gasteiger partial charge >= 0.3 is 11.9 Å². The Morgan fingerprint density at radius 1 is 0.608 bits per heavy atom. The molecule has 51 heavy (non-hydrogen) atoms. The van der Waals surface area contributed by atoms with Crippen molar-refractivity contribution < 1.29 is 38.1 Å². The van der Waals surface area contributed by atoms with Gasteiger partial charge in [-0.15, -0.1) is 0 Å². The maximum absolute atomic E-state index is 13.7. The summed E-state index contributed by atoms with van der Waals surface area (Å²) in [5.41, 5.74) is 1.96. The molecule has 260 valence electrons. The number of carbonyl (C=O) groups is 3. The van der Waals surface area contributed by atoms with Gasteiger partial charge in [0.1, 0.15) is 17.7 Å². The van der Waals surface area contributed by atoms with Crippen molar-refractivity contribution in [2.75, 3.05) is 13.7 Å². The van der Waals surface area contributed by atoms with E-state index in [9.17, 15) is 14.4 Å². The van der Waals surface area contributed by atoms with Crippen LogP contribution >= 0.6 is 0 Å². The molecule has 1 N–H and O–H groups in total. The molecule has 5 aromatic rings. The second-order valence-electron chi connectivity index (χ2n) is 12.1. The van der Waals surface area contributed by atoms with Crippen LogP contribution in [-0.4, -0.2) is 62.2 Å². The van der Waals surface area contributed by atoms with Crippen molar-refractivity contribution in [2.24, 2.45) is 0 Å². The standard InChI is InChI=1S/C42H39NO8/c1-29(44)43-36-38(51-40(46)31-20-10-4-11-21-31)37(50-39(45)30-18-8-3-9-19-30)35(49-41(36)47-2)28-48-42(32-22-12-5-13-23-32,33-24-14-6-15-25-33)34-26-16-7-17-27-34/h3-27,35-38,41H,28H2,1-2H3,(H,43,44)/t35-,36-,37-,38-,41+/m1/s1. The fourth-order valence-corrected chi connectivity index (χ4v) is 6.42. The van der Waals surface area contributed by atoms with Gasteiger partial charge in [-0.2, -0.15) is 0 Å². The number of ether oxygens (including phenoxy) is 5. The van der Waals surface area contributed by atoms with E-state index in [-0.39, 0.29) is 17.7 Å². The molecular formula is C42H39NO8. The lowest BCUT2D eigenvalue weighted by atomic mass is 9.80. The Labute approximate surface area is 297 Å². The molecule has 0 aromatic heterocycles. The van der Waals surface area contributed by atoms with E-state index < -0.39 is 54.1 Å². The first-order valence-electron chi connectivity index (χ1n) is 16.7. The van der Waals surface area contributed by atoms with Crippen molar-refractivity contribution in [2.45, 2.75) is 43.2 Å². The molecule has 1 amide bonds. The van der Waals surface area contributed by atoms with Crippen molar-refractivity contribution in [3.63, 3.8) is 0 Å². The quantitative estimate of drug-likeness (QED) is 0.120. The van der Waals surface area contributed by atoms with Gasteiger partial charge < -0.3 is 29.0 Å². The number of hydrogen-bond acceptors (Lipinski definition) is 8. The van der Waals surface area contributed by atoms with E-state index in [0.29, 0.717) is 0 Å².